The van der Waals surface area contributed by atoms with Gasteiger partial charge in [0.15, 0.2) is 9.84 Å². The Kier molecular flexibility index (Phi) is 4.59. The molecule has 0 fully saturated rings. The molecular formula is C11H15F2NO2S. The second-order valence-electron chi connectivity index (χ2n) is 4.01. The zero-order valence-electron chi connectivity index (χ0n) is 9.49. The van der Waals surface area contributed by atoms with Gasteiger partial charge < -0.3 is 5.73 Å². The summed E-state index contributed by atoms with van der Waals surface area (Å²) in [6.45, 7) is 1.76. The summed E-state index contributed by atoms with van der Waals surface area (Å²) in [6, 6.07) is 2.29. The summed E-state index contributed by atoms with van der Waals surface area (Å²) < 4.78 is 49.6. The van der Waals surface area contributed by atoms with Crippen LogP contribution in [0.25, 0.3) is 0 Å². The van der Waals surface area contributed by atoms with Gasteiger partial charge in [-0.05, 0) is 38.0 Å². The zero-order chi connectivity index (χ0) is 13.1. The Bertz CT molecular complexity index is 486. The van der Waals surface area contributed by atoms with E-state index in [2.05, 4.69) is 0 Å². The van der Waals surface area contributed by atoms with Gasteiger partial charge >= 0.3 is 0 Å². The van der Waals surface area contributed by atoms with Gasteiger partial charge in [0.1, 0.15) is 16.5 Å². The number of rotatable bonds is 5. The number of halogens is 2. The van der Waals surface area contributed by atoms with E-state index in [0.717, 1.165) is 12.1 Å². The quantitative estimate of drug-likeness (QED) is 0.882. The highest BCUT2D eigenvalue weighted by Crippen LogP contribution is 2.18. The normalized spacial score (nSPS) is 13.6. The molecular weight excluding hydrogens is 248 g/mol. The van der Waals surface area contributed by atoms with Crippen LogP contribution in [0.15, 0.2) is 23.1 Å². The van der Waals surface area contributed by atoms with Crippen molar-refractivity contribution in [3.63, 3.8) is 0 Å². The van der Waals surface area contributed by atoms with Crippen LogP contribution in [0.5, 0.6) is 0 Å². The van der Waals surface area contributed by atoms with E-state index in [1.54, 1.807) is 6.92 Å². The molecule has 0 saturated heterocycles. The second kappa shape index (κ2) is 5.55. The van der Waals surface area contributed by atoms with Crippen molar-refractivity contribution in [2.75, 3.05) is 5.75 Å². The van der Waals surface area contributed by atoms with Gasteiger partial charge in [-0.25, -0.2) is 17.2 Å². The third kappa shape index (κ3) is 4.05. The monoisotopic (exact) mass is 263 g/mol. The first-order valence-corrected chi connectivity index (χ1v) is 6.91. The van der Waals surface area contributed by atoms with E-state index >= 15 is 0 Å². The average molecular weight is 263 g/mol. The van der Waals surface area contributed by atoms with Gasteiger partial charge in [-0.3, -0.25) is 0 Å². The highest BCUT2D eigenvalue weighted by atomic mass is 32.2. The summed E-state index contributed by atoms with van der Waals surface area (Å²) in [6.07, 6.45) is 0.853. The van der Waals surface area contributed by atoms with Gasteiger partial charge in [0, 0.05) is 6.04 Å². The smallest absolute Gasteiger partial charge is 0.181 e. The van der Waals surface area contributed by atoms with Crippen LogP contribution in [0.2, 0.25) is 0 Å². The molecule has 0 radical (unpaired) electrons. The minimum Gasteiger partial charge on any atom is -0.328 e. The number of benzene rings is 1. The second-order valence-corrected chi connectivity index (χ2v) is 6.09. The van der Waals surface area contributed by atoms with E-state index in [0.29, 0.717) is 18.9 Å². The number of nitrogens with two attached hydrogens (primary N) is 1. The lowest BCUT2D eigenvalue weighted by atomic mass is 10.2. The Morgan fingerprint density at radius 1 is 1.35 bits per heavy atom. The van der Waals surface area contributed by atoms with Crippen LogP contribution in [-0.2, 0) is 9.84 Å². The molecule has 1 aromatic carbocycles. The molecule has 0 heterocycles. The van der Waals surface area contributed by atoms with Crippen LogP contribution in [0, 0.1) is 11.6 Å². The van der Waals surface area contributed by atoms with Crippen molar-refractivity contribution in [3.8, 4) is 0 Å². The van der Waals surface area contributed by atoms with Crippen molar-refractivity contribution in [2.45, 2.75) is 30.7 Å². The lowest BCUT2D eigenvalue weighted by molar-refractivity contribution is 0.549. The van der Waals surface area contributed by atoms with Crippen molar-refractivity contribution in [3.05, 3.63) is 29.8 Å². The Morgan fingerprint density at radius 2 is 2.00 bits per heavy atom. The van der Waals surface area contributed by atoms with Crippen LogP contribution in [-0.4, -0.2) is 20.2 Å². The largest absolute Gasteiger partial charge is 0.328 e. The van der Waals surface area contributed by atoms with Crippen LogP contribution >= 0.6 is 0 Å². The third-order valence-corrected chi connectivity index (χ3v) is 4.11. The van der Waals surface area contributed by atoms with Crippen molar-refractivity contribution >= 4 is 9.84 Å². The van der Waals surface area contributed by atoms with E-state index in [1.165, 1.54) is 0 Å². The fourth-order valence-electron chi connectivity index (χ4n) is 1.42. The summed E-state index contributed by atoms with van der Waals surface area (Å²) in [5.74, 6) is -1.92. The average Bonchev–Trinajstić information content (AvgIpc) is 2.20. The van der Waals surface area contributed by atoms with Gasteiger partial charge in [-0.2, -0.15) is 0 Å². The van der Waals surface area contributed by atoms with Crippen molar-refractivity contribution in [2.24, 2.45) is 5.73 Å². The lowest BCUT2D eigenvalue weighted by Gasteiger charge is -2.07. The Labute approximate surface area is 99.6 Å². The van der Waals surface area contributed by atoms with Crippen molar-refractivity contribution < 1.29 is 17.2 Å². The summed E-state index contributed by atoms with van der Waals surface area (Å²) in [4.78, 5) is -0.581. The van der Waals surface area contributed by atoms with Gasteiger partial charge in [0.25, 0.3) is 0 Å². The van der Waals surface area contributed by atoms with Gasteiger partial charge in [0.2, 0.25) is 0 Å². The molecule has 0 aliphatic carbocycles. The first-order chi connectivity index (χ1) is 7.83. The molecule has 1 aromatic rings. The van der Waals surface area contributed by atoms with Crippen LogP contribution in [0.3, 0.4) is 0 Å². The Hall–Kier alpha value is -1.01. The predicted molar refractivity (Wildman–Crippen MR) is 61.3 cm³/mol. The van der Waals surface area contributed by atoms with E-state index in [-0.39, 0.29) is 11.8 Å². The molecule has 0 aliphatic heterocycles. The zero-order valence-corrected chi connectivity index (χ0v) is 10.3. The van der Waals surface area contributed by atoms with Crippen LogP contribution < -0.4 is 5.73 Å². The number of sulfone groups is 1. The van der Waals surface area contributed by atoms with Gasteiger partial charge in [-0.1, -0.05) is 0 Å². The molecule has 0 amide bonds. The minimum atomic E-state index is -3.78. The Morgan fingerprint density at radius 3 is 2.59 bits per heavy atom. The summed E-state index contributed by atoms with van der Waals surface area (Å²) >= 11 is 0. The van der Waals surface area contributed by atoms with E-state index in [9.17, 15) is 17.2 Å². The first-order valence-electron chi connectivity index (χ1n) is 5.26. The maximum absolute atomic E-state index is 13.3. The summed E-state index contributed by atoms with van der Waals surface area (Å²) in [5.41, 5.74) is 5.49. The molecule has 0 aliphatic rings. The van der Waals surface area contributed by atoms with Gasteiger partial charge in [-0.15, -0.1) is 0 Å². The SMILES string of the molecule is CC(N)CCCS(=O)(=O)c1cc(F)ccc1F. The van der Waals surface area contributed by atoms with E-state index in [4.69, 9.17) is 5.73 Å². The van der Waals surface area contributed by atoms with E-state index < -0.39 is 26.4 Å². The molecule has 6 heteroatoms. The van der Waals surface area contributed by atoms with Crippen molar-refractivity contribution in [1.29, 1.82) is 0 Å². The number of hydrogen-bond donors (Lipinski definition) is 1. The highest BCUT2D eigenvalue weighted by Gasteiger charge is 2.19. The highest BCUT2D eigenvalue weighted by molar-refractivity contribution is 7.91. The molecule has 3 nitrogen and oxygen atoms in total. The fourth-order valence-corrected chi connectivity index (χ4v) is 2.84. The van der Waals surface area contributed by atoms with Crippen LogP contribution in [0.1, 0.15) is 19.8 Å². The molecule has 0 aromatic heterocycles. The standard InChI is InChI=1S/C11H15F2NO2S/c1-8(14)3-2-6-17(15,16)11-7-9(12)4-5-10(11)13/h4-5,7-8H,2-3,6,14H2,1H3. The topological polar surface area (TPSA) is 60.2 Å². The molecule has 1 atom stereocenters. The molecule has 0 bridgehead atoms. The molecule has 2 N–H and O–H groups in total. The van der Waals surface area contributed by atoms with Gasteiger partial charge in [0.05, 0.1) is 5.75 Å². The number of hydrogen-bond acceptors (Lipinski definition) is 3. The molecule has 0 spiro atoms. The predicted octanol–water partition coefficient (Wildman–Crippen LogP) is 1.87. The minimum absolute atomic E-state index is 0.109. The first kappa shape index (κ1) is 14.1. The Balaban J connectivity index is 2.86. The van der Waals surface area contributed by atoms with Crippen molar-refractivity contribution in [1.82, 2.24) is 0 Å². The fraction of sp³-hybridized carbons (Fsp3) is 0.455. The maximum Gasteiger partial charge on any atom is 0.181 e. The maximum atomic E-state index is 13.3. The summed E-state index contributed by atoms with van der Waals surface area (Å²) in [7, 11) is -3.78. The lowest BCUT2D eigenvalue weighted by Crippen LogP contribution is -2.17. The van der Waals surface area contributed by atoms with E-state index in [1.807, 2.05) is 0 Å². The molecule has 1 rings (SSSR count). The third-order valence-electron chi connectivity index (χ3n) is 2.30. The summed E-state index contributed by atoms with van der Waals surface area (Å²) in [5, 5.41) is 0. The molecule has 96 valence electrons. The molecule has 0 saturated carbocycles. The van der Waals surface area contributed by atoms with Crippen LogP contribution in [0.4, 0.5) is 8.78 Å². The molecule has 1 unspecified atom stereocenters. The molecule has 17 heavy (non-hydrogen) atoms.